The number of anilines is 1. The van der Waals surface area contributed by atoms with Gasteiger partial charge in [-0.2, -0.15) is 0 Å². The highest BCUT2D eigenvalue weighted by atomic mass is 16.5. The quantitative estimate of drug-likeness (QED) is 0.288. The Morgan fingerprint density at radius 3 is 2.66 bits per heavy atom. The van der Waals surface area contributed by atoms with E-state index < -0.39 is 0 Å². The molecule has 0 fully saturated rings. The van der Waals surface area contributed by atoms with Crippen LogP contribution in [0.15, 0.2) is 85.7 Å². The van der Waals surface area contributed by atoms with E-state index in [1.165, 1.54) is 0 Å². The van der Waals surface area contributed by atoms with Crippen molar-refractivity contribution in [3.63, 3.8) is 0 Å². The van der Waals surface area contributed by atoms with Gasteiger partial charge < -0.3 is 14.6 Å². The van der Waals surface area contributed by atoms with Gasteiger partial charge in [-0.3, -0.25) is 9.97 Å². The maximum Gasteiger partial charge on any atom is 0.165 e. The summed E-state index contributed by atoms with van der Waals surface area (Å²) in [6, 6.07) is 20.4. The average molecular weight is 502 g/mol. The molecule has 0 aliphatic rings. The van der Waals surface area contributed by atoms with E-state index >= 15 is 0 Å². The van der Waals surface area contributed by atoms with Gasteiger partial charge in [0.2, 0.25) is 0 Å². The van der Waals surface area contributed by atoms with Crippen LogP contribution in [0.5, 0.6) is 5.75 Å². The lowest BCUT2D eigenvalue weighted by Gasteiger charge is -2.17. The zero-order valence-corrected chi connectivity index (χ0v) is 21.5. The number of hydrogen-bond donors (Lipinski definition) is 1. The van der Waals surface area contributed by atoms with E-state index in [1.54, 1.807) is 26.0 Å². The minimum absolute atomic E-state index is 0.0926. The van der Waals surface area contributed by atoms with Crippen molar-refractivity contribution in [1.29, 1.82) is 0 Å². The molecule has 0 bridgehead atoms. The molecule has 4 heterocycles. The summed E-state index contributed by atoms with van der Waals surface area (Å²) < 4.78 is 7.29. The van der Waals surface area contributed by atoms with Crippen molar-refractivity contribution >= 4 is 27.8 Å². The number of benzene rings is 2. The van der Waals surface area contributed by atoms with Crippen LogP contribution in [0.2, 0.25) is 0 Å². The van der Waals surface area contributed by atoms with E-state index in [9.17, 15) is 0 Å². The molecule has 0 unspecified atom stereocenters. The van der Waals surface area contributed by atoms with Crippen LogP contribution >= 0.6 is 0 Å². The standard InChI is InChI=1S/C30H27N7O/c1-19(26-14-22-6-4-8-25(27(22)20(2)35-26)23-7-5-13-31-15-23)36-29-28-30(33-17-32-29)37(18-34-28)16-21-9-11-24(38-3)12-10-21/h4-15,17-19H,16H2,1-3H3,(H,32,33,36)/t19-/m0/s1. The number of aromatic nitrogens is 6. The summed E-state index contributed by atoms with van der Waals surface area (Å²) in [5, 5.41) is 5.79. The third-order valence-corrected chi connectivity index (χ3v) is 6.74. The van der Waals surface area contributed by atoms with Crippen molar-refractivity contribution in [2.75, 3.05) is 12.4 Å². The SMILES string of the molecule is COc1ccc(Cn2cnc3c(N[C@@H](C)c4cc5cccc(-c6cccnc6)c5c(C)n4)ncnc32)cc1. The fraction of sp³-hybridized carbons (Fsp3) is 0.167. The fourth-order valence-corrected chi connectivity index (χ4v) is 4.83. The molecule has 1 N–H and O–H groups in total. The lowest BCUT2D eigenvalue weighted by molar-refractivity contribution is 0.414. The summed E-state index contributed by atoms with van der Waals surface area (Å²) in [5.41, 5.74) is 6.75. The molecule has 188 valence electrons. The fourth-order valence-electron chi connectivity index (χ4n) is 4.83. The number of fused-ring (bicyclic) bond motifs is 2. The number of hydrogen-bond acceptors (Lipinski definition) is 7. The van der Waals surface area contributed by atoms with Gasteiger partial charge in [-0.15, -0.1) is 0 Å². The second-order valence-corrected chi connectivity index (χ2v) is 9.26. The first-order valence-electron chi connectivity index (χ1n) is 12.5. The first kappa shape index (κ1) is 23.5. The third-order valence-electron chi connectivity index (χ3n) is 6.74. The van der Waals surface area contributed by atoms with Crippen LogP contribution in [-0.2, 0) is 6.54 Å². The highest BCUT2D eigenvalue weighted by Crippen LogP contribution is 2.32. The Balaban J connectivity index is 1.29. The van der Waals surface area contributed by atoms with Gasteiger partial charge in [-0.25, -0.2) is 15.0 Å². The molecule has 6 rings (SSSR count). The molecular weight excluding hydrogens is 474 g/mol. The molecule has 0 aliphatic carbocycles. The molecule has 4 aromatic heterocycles. The summed E-state index contributed by atoms with van der Waals surface area (Å²) in [7, 11) is 1.67. The van der Waals surface area contributed by atoms with Gasteiger partial charge in [-0.1, -0.05) is 36.4 Å². The summed E-state index contributed by atoms with van der Waals surface area (Å²) in [6.45, 7) is 4.79. The van der Waals surface area contributed by atoms with Gasteiger partial charge in [0.05, 0.1) is 31.7 Å². The van der Waals surface area contributed by atoms with E-state index in [2.05, 4.69) is 69.4 Å². The molecule has 8 nitrogen and oxygen atoms in total. The normalized spacial score (nSPS) is 12.1. The number of nitrogens with one attached hydrogen (secondary N) is 1. The van der Waals surface area contributed by atoms with Gasteiger partial charge >= 0.3 is 0 Å². The first-order chi connectivity index (χ1) is 18.6. The Morgan fingerprint density at radius 1 is 1.00 bits per heavy atom. The Labute approximate surface area is 220 Å². The highest BCUT2D eigenvalue weighted by Gasteiger charge is 2.16. The van der Waals surface area contributed by atoms with E-state index in [1.807, 2.05) is 41.1 Å². The van der Waals surface area contributed by atoms with Crippen LogP contribution in [-0.4, -0.2) is 36.6 Å². The predicted octanol–water partition coefficient (Wildman–Crippen LogP) is 5.97. The van der Waals surface area contributed by atoms with Crippen molar-refractivity contribution < 1.29 is 4.74 Å². The number of aryl methyl sites for hydroxylation is 1. The average Bonchev–Trinajstić information content (AvgIpc) is 3.37. The first-order valence-corrected chi connectivity index (χ1v) is 12.5. The second kappa shape index (κ2) is 9.89. The van der Waals surface area contributed by atoms with Crippen molar-refractivity contribution in [3.05, 3.63) is 103 Å². The van der Waals surface area contributed by atoms with Crippen molar-refractivity contribution in [2.24, 2.45) is 0 Å². The maximum absolute atomic E-state index is 5.27. The number of methoxy groups -OCH3 is 1. The molecule has 0 amide bonds. The van der Waals surface area contributed by atoms with Crippen LogP contribution in [0.25, 0.3) is 33.1 Å². The Morgan fingerprint density at radius 2 is 1.87 bits per heavy atom. The summed E-state index contributed by atoms with van der Waals surface area (Å²) in [5.74, 6) is 1.51. The zero-order valence-electron chi connectivity index (χ0n) is 21.5. The number of rotatable bonds is 7. The topological polar surface area (TPSA) is 90.6 Å². The Kier molecular flexibility index (Phi) is 6.13. The van der Waals surface area contributed by atoms with Crippen LogP contribution in [0.3, 0.4) is 0 Å². The van der Waals surface area contributed by atoms with Crippen molar-refractivity contribution in [1.82, 2.24) is 29.5 Å². The number of pyridine rings is 2. The lowest BCUT2D eigenvalue weighted by atomic mass is 9.97. The second-order valence-electron chi connectivity index (χ2n) is 9.26. The lowest BCUT2D eigenvalue weighted by Crippen LogP contribution is -2.11. The van der Waals surface area contributed by atoms with E-state index in [0.717, 1.165) is 55.8 Å². The Hall–Kier alpha value is -4.85. The zero-order chi connectivity index (χ0) is 26.1. The largest absolute Gasteiger partial charge is 0.497 e. The predicted molar refractivity (Wildman–Crippen MR) is 149 cm³/mol. The minimum atomic E-state index is -0.0926. The molecule has 0 aliphatic heterocycles. The molecular formula is C30H27N7O. The molecule has 6 aromatic rings. The van der Waals surface area contributed by atoms with Gasteiger partial charge in [0, 0.05) is 29.0 Å². The number of nitrogens with zero attached hydrogens (tertiary/aromatic N) is 6. The van der Waals surface area contributed by atoms with E-state index in [4.69, 9.17) is 9.72 Å². The third kappa shape index (κ3) is 4.41. The van der Waals surface area contributed by atoms with Crippen LogP contribution in [0, 0.1) is 6.92 Å². The van der Waals surface area contributed by atoms with Crippen LogP contribution < -0.4 is 10.1 Å². The molecule has 0 spiro atoms. The minimum Gasteiger partial charge on any atom is -0.497 e. The monoisotopic (exact) mass is 501 g/mol. The van der Waals surface area contributed by atoms with Crippen LogP contribution in [0.1, 0.15) is 29.9 Å². The summed E-state index contributed by atoms with van der Waals surface area (Å²) in [4.78, 5) is 22.9. The van der Waals surface area contributed by atoms with Crippen molar-refractivity contribution in [2.45, 2.75) is 26.4 Å². The Bertz CT molecular complexity index is 1730. The molecule has 8 heteroatoms. The summed E-state index contributed by atoms with van der Waals surface area (Å²) in [6.07, 6.45) is 7.05. The van der Waals surface area contributed by atoms with E-state index in [-0.39, 0.29) is 6.04 Å². The van der Waals surface area contributed by atoms with Gasteiger partial charge in [0.25, 0.3) is 0 Å². The molecule has 2 aromatic carbocycles. The molecule has 0 saturated carbocycles. The van der Waals surface area contributed by atoms with E-state index in [0.29, 0.717) is 12.4 Å². The number of ether oxygens (including phenoxy) is 1. The van der Waals surface area contributed by atoms with Gasteiger partial charge in [0.15, 0.2) is 11.5 Å². The molecule has 0 saturated heterocycles. The maximum atomic E-state index is 5.27. The summed E-state index contributed by atoms with van der Waals surface area (Å²) >= 11 is 0. The van der Waals surface area contributed by atoms with Gasteiger partial charge in [-0.05, 0) is 54.6 Å². The molecule has 1 atom stereocenters. The van der Waals surface area contributed by atoms with Crippen LogP contribution in [0.4, 0.5) is 5.82 Å². The molecule has 0 radical (unpaired) electrons. The highest BCUT2D eigenvalue weighted by molar-refractivity contribution is 5.98. The van der Waals surface area contributed by atoms with Gasteiger partial charge in [0.1, 0.15) is 17.6 Å². The molecule has 38 heavy (non-hydrogen) atoms. The number of imidazole rings is 1. The van der Waals surface area contributed by atoms with Crippen molar-refractivity contribution in [3.8, 4) is 16.9 Å². The smallest absolute Gasteiger partial charge is 0.165 e.